The maximum atomic E-state index is 11.8. The minimum absolute atomic E-state index is 0.375. The lowest BCUT2D eigenvalue weighted by atomic mass is 9.92. The van der Waals surface area contributed by atoms with E-state index in [4.69, 9.17) is 10.5 Å². The number of nitrogens with two attached hydrogens (primary N) is 1. The second-order valence-corrected chi connectivity index (χ2v) is 3.55. The Bertz CT molecular complexity index is 236. The van der Waals surface area contributed by atoms with Crippen molar-refractivity contribution in [2.75, 3.05) is 19.8 Å². The normalized spacial score (nSPS) is 21.1. The Kier molecular flexibility index (Phi) is 3.56. The summed E-state index contributed by atoms with van der Waals surface area (Å²) in [5.41, 5.74) is 4.84. The highest BCUT2D eigenvalue weighted by Gasteiger charge is 2.42. The minimum atomic E-state index is -4.96. The Morgan fingerprint density at radius 3 is 2.40 bits per heavy atom. The molecule has 0 aromatic carbocycles. The van der Waals surface area contributed by atoms with Crippen molar-refractivity contribution in [3.05, 3.63) is 0 Å². The Labute approximate surface area is 84.5 Å². The number of carbonyl (C=O) groups is 1. The highest BCUT2D eigenvalue weighted by Crippen LogP contribution is 2.21. The molecule has 0 atom stereocenters. The van der Waals surface area contributed by atoms with Gasteiger partial charge in [0.15, 0.2) is 0 Å². The van der Waals surface area contributed by atoms with Crippen LogP contribution in [0.4, 0.5) is 13.2 Å². The van der Waals surface area contributed by atoms with E-state index in [9.17, 15) is 18.0 Å². The monoisotopic (exact) mass is 227 g/mol. The van der Waals surface area contributed by atoms with Crippen LogP contribution in [0, 0.1) is 0 Å². The van der Waals surface area contributed by atoms with E-state index in [0.717, 1.165) is 0 Å². The molecule has 2 N–H and O–H groups in total. The highest BCUT2D eigenvalue weighted by atomic mass is 19.4. The van der Waals surface area contributed by atoms with Crippen LogP contribution in [0.15, 0.2) is 0 Å². The van der Waals surface area contributed by atoms with E-state index in [0.29, 0.717) is 26.1 Å². The number of esters is 1. The fourth-order valence-electron chi connectivity index (χ4n) is 1.21. The van der Waals surface area contributed by atoms with E-state index >= 15 is 0 Å². The van der Waals surface area contributed by atoms with Gasteiger partial charge in [-0.1, -0.05) is 0 Å². The molecule has 0 aliphatic carbocycles. The van der Waals surface area contributed by atoms with Crippen LogP contribution >= 0.6 is 0 Å². The average Bonchev–Trinajstić information content (AvgIpc) is 2.14. The molecule has 4 nitrogen and oxygen atoms in total. The van der Waals surface area contributed by atoms with Gasteiger partial charge in [-0.15, -0.1) is 0 Å². The third kappa shape index (κ3) is 3.67. The molecule has 0 aromatic heterocycles. The number of hydrogen-bond acceptors (Lipinski definition) is 4. The first-order valence-electron chi connectivity index (χ1n) is 4.44. The van der Waals surface area contributed by atoms with Crippen LogP contribution in [0.25, 0.3) is 0 Å². The Balaban J connectivity index is 2.38. The van der Waals surface area contributed by atoms with Crippen LogP contribution < -0.4 is 5.73 Å². The summed E-state index contributed by atoms with van der Waals surface area (Å²) >= 11 is 0. The number of halogens is 3. The molecule has 0 amide bonds. The molecule has 7 heteroatoms. The molecule has 1 rings (SSSR count). The van der Waals surface area contributed by atoms with E-state index in [1.807, 2.05) is 0 Å². The molecular formula is C8H12F3NO3. The van der Waals surface area contributed by atoms with E-state index in [2.05, 4.69) is 4.74 Å². The summed E-state index contributed by atoms with van der Waals surface area (Å²) in [5, 5.41) is 0. The van der Waals surface area contributed by atoms with Gasteiger partial charge in [-0.05, 0) is 12.8 Å². The van der Waals surface area contributed by atoms with E-state index in [-0.39, 0.29) is 0 Å². The van der Waals surface area contributed by atoms with Crippen molar-refractivity contribution in [2.24, 2.45) is 5.73 Å². The lowest BCUT2D eigenvalue weighted by Gasteiger charge is -2.32. The standard InChI is InChI=1S/C8H12F3NO3/c9-8(10,11)6(13)15-5-7(12)1-3-14-4-2-7/h1-5,12H2. The maximum Gasteiger partial charge on any atom is 0.490 e. The van der Waals surface area contributed by atoms with Gasteiger partial charge in [0, 0.05) is 13.2 Å². The van der Waals surface area contributed by atoms with Gasteiger partial charge in [0.25, 0.3) is 0 Å². The van der Waals surface area contributed by atoms with E-state index in [1.54, 1.807) is 0 Å². The van der Waals surface area contributed by atoms with E-state index in [1.165, 1.54) is 0 Å². The summed E-state index contributed by atoms with van der Waals surface area (Å²) in [7, 11) is 0. The molecule has 0 bridgehead atoms. The van der Waals surface area contributed by atoms with Gasteiger partial charge >= 0.3 is 12.1 Å². The zero-order chi connectivity index (χ0) is 11.5. The van der Waals surface area contributed by atoms with Crippen LogP contribution in [-0.4, -0.2) is 37.5 Å². The van der Waals surface area contributed by atoms with Crippen molar-refractivity contribution in [2.45, 2.75) is 24.6 Å². The lowest BCUT2D eigenvalue weighted by Crippen LogP contribution is -2.50. The topological polar surface area (TPSA) is 61.5 Å². The predicted molar refractivity (Wildman–Crippen MR) is 44.0 cm³/mol. The molecule has 0 unspecified atom stereocenters. The minimum Gasteiger partial charge on any atom is -0.457 e. The predicted octanol–water partition coefficient (Wildman–Crippen LogP) is 0.600. The van der Waals surface area contributed by atoms with Crippen molar-refractivity contribution >= 4 is 5.97 Å². The molecule has 1 aliphatic rings. The second-order valence-electron chi connectivity index (χ2n) is 3.55. The molecule has 0 aromatic rings. The highest BCUT2D eigenvalue weighted by molar-refractivity contribution is 5.75. The maximum absolute atomic E-state index is 11.8. The van der Waals surface area contributed by atoms with Crippen molar-refractivity contribution in [3.63, 3.8) is 0 Å². The van der Waals surface area contributed by atoms with Crippen LogP contribution in [0.5, 0.6) is 0 Å². The lowest BCUT2D eigenvalue weighted by molar-refractivity contribution is -0.202. The van der Waals surface area contributed by atoms with Crippen molar-refractivity contribution in [3.8, 4) is 0 Å². The van der Waals surface area contributed by atoms with Gasteiger partial charge in [-0.25, -0.2) is 4.79 Å². The summed E-state index contributed by atoms with van der Waals surface area (Å²) in [6, 6.07) is 0. The Morgan fingerprint density at radius 1 is 1.40 bits per heavy atom. The first-order valence-corrected chi connectivity index (χ1v) is 4.44. The van der Waals surface area contributed by atoms with Crippen molar-refractivity contribution in [1.82, 2.24) is 0 Å². The molecule has 15 heavy (non-hydrogen) atoms. The summed E-state index contributed by atoms with van der Waals surface area (Å²) < 4.78 is 44.5. The summed E-state index contributed by atoms with van der Waals surface area (Å²) in [6.45, 7) is 0.328. The molecule has 88 valence electrons. The summed E-state index contributed by atoms with van der Waals surface area (Å²) in [6.07, 6.45) is -4.18. The fraction of sp³-hybridized carbons (Fsp3) is 0.875. The van der Waals surface area contributed by atoms with Gasteiger partial charge in [-0.2, -0.15) is 13.2 Å². The number of ether oxygens (including phenoxy) is 2. The van der Waals surface area contributed by atoms with Crippen LogP contribution in [0.3, 0.4) is 0 Å². The van der Waals surface area contributed by atoms with Crippen molar-refractivity contribution < 1.29 is 27.4 Å². The molecule has 0 radical (unpaired) electrons. The molecule has 1 aliphatic heterocycles. The zero-order valence-electron chi connectivity index (χ0n) is 7.97. The largest absolute Gasteiger partial charge is 0.490 e. The third-order valence-electron chi connectivity index (χ3n) is 2.21. The molecule has 1 heterocycles. The molecule has 1 saturated heterocycles. The second kappa shape index (κ2) is 4.36. The molecule has 1 fully saturated rings. The van der Waals surface area contributed by atoms with Crippen LogP contribution in [0.2, 0.25) is 0 Å². The van der Waals surface area contributed by atoms with E-state index < -0.39 is 24.3 Å². The average molecular weight is 227 g/mol. The number of alkyl halides is 3. The molecule has 0 spiro atoms. The van der Waals surface area contributed by atoms with Gasteiger partial charge < -0.3 is 15.2 Å². The zero-order valence-corrected chi connectivity index (χ0v) is 7.97. The van der Waals surface area contributed by atoms with Gasteiger partial charge in [-0.3, -0.25) is 0 Å². The van der Waals surface area contributed by atoms with Gasteiger partial charge in [0.05, 0.1) is 5.54 Å². The van der Waals surface area contributed by atoms with Gasteiger partial charge in [0.2, 0.25) is 0 Å². The summed E-state index contributed by atoms with van der Waals surface area (Å²) in [4.78, 5) is 10.4. The number of hydrogen-bond donors (Lipinski definition) is 1. The fourth-order valence-corrected chi connectivity index (χ4v) is 1.21. The first kappa shape index (κ1) is 12.3. The quantitative estimate of drug-likeness (QED) is 0.702. The molecule has 0 saturated carbocycles. The summed E-state index contributed by atoms with van der Waals surface area (Å²) in [5.74, 6) is -2.20. The third-order valence-corrected chi connectivity index (χ3v) is 2.21. The Hall–Kier alpha value is -0.820. The number of carbonyl (C=O) groups excluding carboxylic acids is 1. The molecular weight excluding hydrogens is 215 g/mol. The van der Waals surface area contributed by atoms with Crippen LogP contribution in [-0.2, 0) is 14.3 Å². The first-order chi connectivity index (χ1) is 6.83. The van der Waals surface area contributed by atoms with Gasteiger partial charge in [0.1, 0.15) is 6.61 Å². The smallest absolute Gasteiger partial charge is 0.457 e. The SMILES string of the molecule is NC1(COC(=O)C(F)(F)F)CCOCC1. The van der Waals surface area contributed by atoms with Crippen LogP contribution in [0.1, 0.15) is 12.8 Å². The number of rotatable bonds is 2. The Morgan fingerprint density at radius 2 is 1.93 bits per heavy atom. The van der Waals surface area contributed by atoms with Crippen molar-refractivity contribution in [1.29, 1.82) is 0 Å².